The Hall–Kier alpha value is -2.46. The lowest BCUT2D eigenvalue weighted by Gasteiger charge is -2.10. The number of rotatable bonds is 3. The maximum atomic E-state index is 14.0. The van der Waals surface area contributed by atoms with E-state index in [2.05, 4.69) is 21.2 Å². The highest BCUT2D eigenvalue weighted by atomic mass is 79.9. The number of hydrogen-bond donors (Lipinski definition) is 2. The van der Waals surface area contributed by atoms with Crippen LogP contribution in [0.25, 0.3) is 0 Å². The van der Waals surface area contributed by atoms with Gasteiger partial charge in [0.25, 0.3) is 0 Å². The highest BCUT2D eigenvalue weighted by Gasteiger charge is 2.13. The summed E-state index contributed by atoms with van der Waals surface area (Å²) in [5, 5.41) is 20.1. The van der Waals surface area contributed by atoms with E-state index < -0.39 is 23.2 Å². The van der Waals surface area contributed by atoms with E-state index in [1.165, 1.54) is 18.2 Å². The fourth-order valence-corrected chi connectivity index (χ4v) is 2.09. The molecule has 0 heterocycles. The fraction of sp³-hybridized carbons (Fsp3) is 0. The van der Waals surface area contributed by atoms with Crippen LogP contribution < -0.4 is 5.32 Å². The average Bonchev–Trinajstić information content (AvgIpc) is 2.44. The molecule has 106 valence electrons. The molecule has 0 amide bonds. The molecule has 4 nitrogen and oxygen atoms in total. The Balaban J connectivity index is 2.35. The van der Waals surface area contributed by atoms with Gasteiger partial charge in [-0.25, -0.2) is 13.6 Å². The van der Waals surface area contributed by atoms with Crippen molar-refractivity contribution in [2.75, 3.05) is 5.32 Å². The molecule has 0 saturated carbocycles. The van der Waals surface area contributed by atoms with E-state index in [1.807, 2.05) is 6.07 Å². The van der Waals surface area contributed by atoms with Crippen LogP contribution in [0.1, 0.15) is 15.9 Å². The molecule has 0 aliphatic carbocycles. The molecule has 0 spiro atoms. The highest BCUT2D eigenvalue weighted by Crippen LogP contribution is 2.29. The van der Waals surface area contributed by atoms with E-state index in [1.54, 1.807) is 0 Å². The normalized spacial score (nSPS) is 10.0. The maximum Gasteiger partial charge on any atom is 0.338 e. The van der Waals surface area contributed by atoms with Gasteiger partial charge in [-0.2, -0.15) is 5.26 Å². The van der Waals surface area contributed by atoms with E-state index in [-0.39, 0.29) is 21.4 Å². The lowest BCUT2D eigenvalue weighted by molar-refractivity contribution is 0.0692. The number of benzene rings is 2. The van der Waals surface area contributed by atoms with Crippen molar-refractivity contribution in [1.82, 2.24) is 0 Å². The van der Waals surface area contributed by atoms with Crippen molar-refractivity contribution in [3.8, 4) is 6.07 Å². The minimum Gasteiger partial charge on any atom is -0.478 e. The monoisotopic (exact) mass is 352 g/mol. The molecule has 2 N–H and O–H groups in total. The topological polar surface area (TPSA) is 73.1 Å². The van der Waals surface area contributed by atoms with Crippen molar-refractivity contribution in [3.05, 3.63) is 57.6 Å². The maximum absolute atomic E-state index is 14.0. The van der Waals surface area contributed by atoms with Crippen LogP contribution in [0.15, 0.2) is 34.8 Å². The average molecular weight is 353 g/mol. The van der Waals surface area contributed by atoms with Gasteiger partial charge in [-0.05, 0) is 46.3 Å². The zero-order valence-corrected chi connectivity index (χ0v) is 11.9. The number of carboxylic acids is 1. The van der Waals surface area contributed by atoms with E-state index in [0.717, 1.165) is 12.1 Å². The zero-order valence-electron chi connectivity index (χ0n) is 10.3. The summed E-state index contributed by atoms with van der Waals surface area (Å²) in [6.45, 7) is 0. The molecule has 0 aromatic heterocycles. The van der Waals surface area contributed by atoms with Crippen LogP contribution in [0.5, 0.6) is 0 Å². The summed E-state index contributed by atoms with van der Waals surface area (Å²) in [6, 6.07) is 7.90. The van der Waals surface area contributed by atoms with Crippen LogP contribution in [0, 0.1) is 23.0 Å². The third-order valence-corrected chi connectivity index (χ3v) is 3.46. The third kappa shape index (κ3) is 3.01. The van der Waals surface area contributed by atoms with Crippen molar-refractivity contribution in [1.29, 1.82) is 5.26 Å². The molecule has 0 aliphatic heterocycles. The first-order chi connectivity index (χ1) is 9.93. The summed E-state index contributed by atoms with van der Waals surface area (Å²) in [5.41, 5.74) is -0.121. The van der Waals surface area contributed by atoms with Gasteiger partial charge in [0.05, 0.1) is 21.3 Å². The second-order valence-electron chi connectivity index (χ2n) is 4.03. The van der Waals surface area contributed by atoms with Crippen molar-refractivity contribution in [3.63, 3.8) is 0 Å². The van der Waals surface area contributed by atoms with Gasteiger partial charge in [-0.3, -0.25) is 0 Å². The molecule has 2 aromatic carbocycles. The van der Waals surface area contributed by atoms with Crippen LogP contribution in [-0.2, 0) is 0 Å². The Morgan fingerprint density at radius 1 is 1.29 bits per heavy atom. The van der Waals surface area contributed by atoms with E-state index in [4.69, 9.17) is 10.4 Å². The highest BCUT2D eigenvalue weighted by molar-refractivity contribution is 9.10. The van der Waals surface area contributed by atoms with Gasteiger partial charge in [0, 0.05) is 5.69 Å². The second kappa shape index (κ2) is 5.89. The SMILES string of the molecule is N#Cc1ccc(Nc2ccc(C(=O)O)c(F)c2)c(F)c1Br. The van der Waals surface area contributed by atoms with Crippen LogP contribution in [0.3, 0.4) is 0 Å². The van der Waals surface area contributed by atoms with Crippen molar-refractivity contribution >= 4 is 33.3 Å². The molecule has 0 bridgehead atoms. The van der Waals surface area contributed by atoms with Crippen LogP contribution in [0.4, 0.5) is 20.2 Å². The van der Waals surface area contributed by atoms with Crippen molar-refractivity contribution < 1.29 is 18.7 Å². The molecule has 2 aromatic rings. The number of nitrogens with zero attached hydrogens (tertiary/aromatic N) is 1. The number of nitrogens with one attached hydrogen (secondary N) is 1. The van der Waals surface area contributed by atoms with Gasteiger partial charge in [0.2, 0.25) is 0 Å². The molecule has 0 atom stereocenters. The lowest BCUT2D eigenvalue weighted by Crippen LogP contribution is -2.02. The Morgan fingerprint density at radius 3 is 2.57 bits per heavy atom. The molecule has 7 heteroatoms. The minimum atomic E-state index is -1.38. The van der Waals surface area contributed by atoms with Gasteiger partial charge in [-0.1, -0.05) is 0 Å². The van der Waals surface area contributed by atoms with E-state index in [0.29, 0.717) is 0 Å². The fourth-order valence-electron chi connectivity index (χ4n) is 1.65. The summed E-state index contributed by atoms with van der Waals surface area (Å²) in [7, 11) is 0. The number of nitriles is 1. The zero-order chi connectivity index (χ0) is 15.6. The first kappa shape index (κ1) is 14.9. The Labute approximate surface area is 126 Å². The summed E-state index contributed by atoms with van der Waals surface area (Å²) in [6.07, 6.45) is 0. The third-order valence-electron chi connectivity index (χ3n) is 2.68. The summed E-state index contributed by atoms with van der Waals surface area (Å²) in [5.74, 6) is -3.01. The second-order valence-corrected chi connectivity index (χ2v) is 4.82. The van der Waals surface area contributed by atoms with Crippen molar-refractivity contribution in [2.24, 2.45) is 0 Å². The van der Waals surface area contributed by atoms with Gasteiger partial charge in [0.15, 0.2) is 5.82 Å². The largest absolute Gasteiger partial charge is 0.478 e. The first-order valence-corrected chi connectivity index (χ1v) is 6.41. The number of carboxylic acid groups (broad SMARTS) is 1. The molecule has 21 heavy (non-hydrogen) atoms. The molecule has 2 rings (SSSR count). The van der Waals surface area contributed by atoms with Crippen LogP contribution >= 0.6 is 15.9 Å². The Bertz CT molecular complexity index is 772. The molecule has 0 radical (unpaired) electrons. The van der Waals surface area contributed by atoms with Gasteiger partial charge in [0.1, 0.15) is 11.9 Å². The number of hydrogen-bond acceptors (Lipinski definition) is 3. The predicted octanol–water partition coefficient (Wildman–Crippen LogP) is 4.04. The number of halogens is 3. The van der Waals surface area contributed by atoms with Gasteiger partial charge < -0.3 is 10.4 Å². The lowest BCUT2D eigenvalue weighted by atomic mass is 10.1. The molecular formula is C14H7BrF2N2O2. The van der Waals surface area contributed by atoms with Gasteiger partial charge in [-0.15, -0.1) is 0 Å². The van der Waals surface area contributed by atoms with Crippen LogP contribution in [-0.4, -0.2) is 11.1 Å². The summed E-state index contributed by atoms with van der Waals surface area (Å²) < 4.78 is 27.5. The Kier molecular flexibility index (Phi) is 4.19. The number of anilines is 2. The molecule has 0 aliphatic rings. The quantitative estimate of drug-likeness (QED) is 0.874. The summed E-state index contributed by atoms with van der Waals surface area (Å²) in [4.78, 5) is 10.7. The molecule has 0 fully saturated rings. The van der Waals surface area contributed by atoms with E-state index >= 15 is 0 Å². The van der Waals surface area contributed by atoms with Gasteiger partial charge >= 0.3 is 5.97 Å². The smallest absolute Gasteiger partial charge is 0.338 e. The molecule has 0 unspecified atom stereocenters. The minimum absolute atomic E-state index is 0.00220. The predicted molar refractivity (Wildman–Crippen MR) is 75.5 cm³/mol. The molecule has 0 saturated heterocycles. The summed E-state index contributed by atoms with van der Waals surface area (Å²) >= 11 is 2.96. The number of carbonyl (C=O) groups is 1. The van der Waals surface area contributed by atoms with Crippen molar-refractivity contribution in [2.45, 2.75) is 0 Å². The number of aromatic carboxylic acids is 1. The van der Waals surface area contributed by atoms with E-state index in [9.17, 15) is 13.6 Å². The standard InChI is InChI=1S/C14H7BrF2N2O2/c15-12-7(6-18)1-4-11(13(12)17)19-8-2-3-9(14(20)21)10(16)5-8/h1-5,19H,(H,20,21). The Morgan fingerprint density at radius 2 is 2.00 bits per heavy atom. The van der Waals surface area contributed by atoms with Crippen LogP contribution in [0.2, 0.25) is 0 Å². The molecular weight excluding hydrogens is 346 g/mol. The first-order valence-electron chi connectivity index (χ1n) is 5.62.